The molecule has 0 saturated carbocycles. The average molecular weight is 328 g/mol. The highest BCUT2D eigenvalue weighted by Gasteiger charge is 2.12. The first-order chi connectivity index (χ1) is 9.02. The van der Waals surface area contributed by atoms with Crippen LogP contribution in [0, 0.1) is 11.8 Å². The topological polar surface area (TPSA) is 49.3 Å². The van der Waals surface area contributed by atoms with Gasteiger partial charge >= 0.3 is 0 Å². The molecule has 0 spiro atoms. The number of aliphatic hydroxyl groups is 1. The van der Waals surface area contributed by atoms with Crippen molar-refractivity contribution in [2.24, 2.45) is 11.8 Å². The maximum Gasteiger partial charge on any atom is 0.251 e. The number of amides is 1. The van der Waals surface area contributed by atoms with Crippen molar-refractivity contribution in [3.05, 3.63) is 34.3 Å². The van der Waals surface area contributed by atoms with E-state index < -0.39 is 0 Å². The molecule has 0 aliphatic carbocycles. The van der Waals surface area contributed by atoms with E-state index in [2.05, 4.69) is 35.1 Å². The Kier molecular flexibility index (Phi) is 7.10. The van der Waals surface area contributed by atoms with Gasteiger partial charge in [-0.15, -0.1) is 0 Å². The van der Waals surface area contributed by atoms with Crippen molar-refractivity contribution in [3.8, 4) is 0 Å². The zero-order valence-corrected chi connectivity index (χ0v) is 13.1. The number of nitrogens with one attached hydrogen (secondary N) is 1. The number of rotatable bonds is 7. The predicted octanol–water partition coefficient (Wildman–Crippen LogP) is 3.22. The molecular formula is C15H22BrNO2. The number of carbonyl (C=O) groups is 1. The van der Waals surface area contributed by atoms with Gasteiger partial charge in [0.15, 0.2) is 0 Å². The van der Waals surface area contributed by atoms with Crippen molar-refractivity contribution >= 4 is 21.8 Å². The first-order valence-electron chi connectivity index (χ1n) is 6.67. The molecule has 1 rings (SSSR count). The van der Waals surface area contributed by atoms with E-state index in [4.69, 9.17) is 5.11 Å². The van der Waals surface area contributed by atoms with E-state index >= 15 is 0 Å². The summed E-state index contributed by atoms with van der Waals surface area (Å²) >= 11 is 3.34. The third kappa shape index (κ3) is 6.21. The van der Waals surface area contributed by atoms with E-state index in [1.807, 2.05) is 12.1 Å². The minimum Gasteiger partial charge on any atom is -0.396 e. The van der Waals surface area contributed by atoms with E-state index in [0.29, 0.717) is 23.9 Å². The second-order valence-corrected chi connectivity index (χ2v) is 6.14. The van der Waals surface area contributed by atoms with Gasteiger partial charge in [0.1, 0.15) is 0 Å². The van der Waals surface area contributed by atoms with Crippen LogP contribution in [-0.2, 0) is 0 Å². The summed E-state index contributed by atoms with van der Waals surface area (Å²) in [5, 5.41) is 12.0. The van der Waals surface area contributed by atoms with E-state index in [1.54, 1.807) is 12.1 Å². The largest absolute Gasteiger partial charge is 0.396 e. The van der Waals surface area contributed by atoms with Gasteiger partial charge < -0.3 is 10.4 Å². The molecule has 1 atom stereocenters. The number of aliphatic hydroxyl groups excluding tert-OH is 1. The number of halogens is 1. The first kappa shape index (κ1) is 16.2. The van der Waals surface area contributed by atoms with Gasteiger partial charge in [0.05, 0.1) is 0 Å². The molecule has 1 amide bonds. The first-order valence-corrected chi connectivity index (χ1v) is 7.46. The lowest BCUT2D eigenvalue weighted by atomic mass is 9.94. The molecule has 1 aromatic carbocycles. The maximum absolute atomic E-state index is 12.0. The quantitative estimate of drug-likeness (QED) is 0.807. The van der Waals surface area contributed by atoms with Crippen LogP contribution in [0.1, 0.15) is 37.0 Å². The molecule has 0 aliphatic rings. The van der Waals surface area contributed by atoms with Crippen molar-refractivity contribution in [1.82, 2.24) is 5.32 Å². The summed E-state index contributed by atoms with van der Waals surface area (Å²) in [5.74, 6) is 0.852. The van der Waals surface area contributed by atoms with E-state index in [1.165, 1.54) is 0 Å². The summed E-state index contributed by atoms with van der Waals surface area (Å²) < 4.78 is 0.960. The smallest absolute Gasteiger partial charge is 0.251 e. The zero-order chi connectivity index (χ0) is 14.3. The Morgan fingerprint density at radius 1 is 1.32 bits per heavy atom. The van der Waals surface area contributed by atoms with Crippen LogP contribution in [0.25, 0.3) is 0 Å². The van der Waals surface area contributed by atoms with Crippen LogP contribution in [0.2, 0.25) is 0 Å². The van der Waals surface area contributed by atoms with Crippen LogP contribution in [0.4, 0.5) is 0 Å². The summed E-state index contributed by atoms with van der Waals surface area (Å²) in [6.45, 7) is 5.10. The molecule has 3 nitrogen and oxygen atoms in total. The molecule has 1 unspecified atom stereocenters. The van der Waals surface area contributed by atoms with Crippen molar-refractivity contribution in [2.45, 2.75) is 26.7 Å². The van der Waals surface area contributed by atoms with Crippen molar-refractivity contribution < 1.29 is 9.90 Å². The van der Waals surface area contributed by atoms with Gasteiger partial charge in [-0.25, -0.2) is 0 Å². The number of hydrogen-bond donors (Lipinski definition) is 2. The molecule has 0 heterocycles. The Hall–Kier alpha value is -0.870. The highest BCUT2D eigenvalue weighted by Crippen LogP contribution is 2.15. The van der Waals surface area contributed by atoms with E-state index in [9.17, 15) is 4.79 Å². The highest BCUT2D eigenvalue weighted by molar-refractivity contribution is 9.10. The molecule has 4 heteroatoms. The summed E-state index contributed by atoms with van der Waals surface area (Å²) in [6.07, 6.45) is 1.75. The van der Waals surface area contributed by atoms with Gasteiger partial charge in [-0.2, -0.15) is 0 Å². The van der Waals surface area contributed by atoms with Crippen molar-refractivity contribution in [1.29, 1.82) is 0 Å². The van der Waals surface area contributed by atoms with Crippen LogP contribution in [-0.4, -0.2) is 24.2 Å². The SMILES string of the molecule is CC(C)CC(CCO)CNC(=O)c1ccc(Br)cc1. The third-order valence-electron chi connectivity index (χ3n) is 3.00. The lowest BCUT2D eigenvalue weighted by molar-refractivity contribution is 0.0941. The summed E-state index contributed by atoms with van der Waals surface area (Å²) in [4.78, 5) is 12.0. The molecule has 0 radical (unpaired) electrons. The molecule has 0 bridgehead atoms. The van der Waals surface area contributed by atoms with E-state index in [0.717, 1.165) is 17.3 Å². The summed E-state index contributed by atoms with van der Waals surface area (Å²) in [6, 6.07) is 7.30. The molecule has 0 fully saturated rings. The molecule has 19 heavy (non-hydrogen) atoms. The van der Waals surface area contributed by atoms with Crippen LogP contribution < -0.4 is 5.32 Å². The van der Waals surface area contributed by atoms with Crippen LogP contribution in [0.3, 0.4) is 0 Å². The number of hydrogen-bond acceptors (Lipinski definition) is 2. The van der Waals surface area contributed by atoms with Gasteiger partial charge in [-0.3, -0.25) is 4.79 Å². The standard InChI is InChI=1S/C15H22BrNO2/c1-11(2)9-12(7-8-18)10-17-15(19)13-3-5-14(16)6-4-13/h3-6,11-12,18H,7-10H2,1-2H3,(H,17,19). The Labute approximate surface area is 123 Å². The number of benzene rings is 1. The Morgan fingerprint density at radius 2 is 1.95 bits per heavy atom. The highest BCUT2D eigenvalue weighted by atomic mass is 79.9. The minimum atomic E-state index is -0.0563. The van der Waals surface area contributed by atoms with Gasteiger partial charge in [0.2, 0.25) is 0 Å². The summed E-state index contributed by atoms with van der Waals surface area (Å²) in [7, 11) is 0. The lowest BCUT2D eigenvalue weighted by Crippen LogP contribution is -2.30. The van der Waals surface area contributed by atoms with Crippen molar-refractivity contribution in [3.63, 3.8) is 0 Å². The fourth-order valence-electron chi connectivity index (χ4n) is 2.09. The second-order valence-electron chi connectivity index (χ2n) is 5.22. The third-order valence-corrected chi connectivity index (χ3v) is 3.53. The van der Waals surface area contributed by atoms with Gasteiger partial charge in [0.25, 0.3) is 5.91 Å². The number of carbonyl (C=O) groups excluding carboxylic acids is 1. The molecular weight excluding hydrogens is 306 g/mol. The fraction of sp³-hybridized carbons (Fsp3) is 0.533. The second kappa shape index (κ2) is 8.33. The van der Waals surface area contributed by atoms with Crippen LogP contribution >= 0.6 is 15.9 Å². The molecule has 0 aliphatic heterocycles. The van der Waals surface area contributed by atoms with Crippen LogP contribution in [0.5, 0.6) is 0 Å². The maximum atomic E-state index is 12.0. The fourth-order valence-corrected chi connectivity index (χ4v) is 2.36. The zero-order valence-electron chi connectivity index (χ0n) is 11.5. The van der Waals surface area contributed by atoms with Gasteiger partial charge in [0, 0.05) is 23.2 Å². The normalized spacial score (nSPS) is 12.5. The monoisotopic (exact) mass is 327 g/mol. The molecule has 1 aromatic rings. The molecule has 2 N–H and O–H groups in total. The van der Waals surface area contributed by atoms with E-state index in [-0.39, 0.29) is 12.5 Å². The van der Waals surface area contributed by atoms with Gasteiger partial charge in [-0.1, -0.05) is 29.8 Å². The molecule has 0 aromatic heterocycles. The lowest BCUT2D eigenvalue weighted by Gasteiger charge is -2.18. The molecule has 0 saturated heterocycles. The summed E-state index contributed by atoms with van der Waals surface area (Å²) in [5.41, 5.74) is 0.662. The minimum absolute atomic E-state index is 0.0563. The Balaban J connectivity index is 2.49. The Bertz CT molecular complexity index is 390. The van der Waals surface area contributed by atoms with Gasteiger partial charge in [-0.05, 0) is 48.9 Å². The Morgan fingerprint density at radius 3 is 2.47 bits per heavy atom. The molecule has 106 valence electrons. The average Bonchev–Trinajstić information content (AvgIpc) is 2.36. The van der Waals surface area contributed by atoms with Crippen molar-refractivity contribution in [2.75, 3.05) is 13.2 Å². The van der Waals surface area contributed by atoms with Crippen LogP contribution in [0.15, 0.2) is 28.7 Å². The predicted molar refractivity (Wildman–Crippen MR) is 81.1 cm³/mol.